The Morgan fingerprint density at radius 3 is 1.16 bits per heavy atom. The highest BCUT2D eigenvalue weighted by atomic mass is 16.5. The van der Waals surface area contributed by atoms with Gasteiger partial charge in [0.25, 0.3) is 0 Å². The van der Waals surface area contributed by atoms with E-state index in [2.05, 4.69) is 111 Å². The van der Waals surface area contributed by atoms with Gasteiger partial charge < -0.3 is 20.3 Å². The average molecular weight is 935 g/mol. The molecule has 0 aromatic heterocycles. The Bertz CT molecular complexity index is 1280. The number of hydrogen-bond acceptors (Lipinski definition) is 5. The van der Waals surface area contributed by atoms with Crippen LogP contribution in [0.25, 0.3) is 0 Å². The molecule has 0 saturated carbocycles. The van der Waals surface area contributed by atoms with E-state index in [1.54, 1.807) is 0 Å². The molecule has 0 aromatic rings. The topological polar surface area (TPSA) is 95.9 Å². The number of rotatable bonds is 50. The highest BCUT2D eigenvalue weighted by molar-refractivity contribution is 5.77. The van der Waals surface area contributed by atoms with Gasteiger partial charge in [-0.15, -0.1) is 0 Å². The molecule has 0 aliphatic heterocycles. The third kappa shape index (κ3) is 49.3. The van der Waals surface area contributed by atoms with E-state index in [9.17, 15) is 19.8 Å². The zero-order valence-corrected chi connectivity index (χ0v) is 44.0. The number of unbranched alkanes of at least 4 members (excludes halogenated alkanes) is 24. The number of aliphatic hydroxyl groups excluding tert-OH is 2. The summed E-state index contributed by atoms with van der Waals surface area (Å²) in [5, 5.41) is 23.9. The molecule has 0 aliphatic rings. The number of esters is 1. The minimum absolute atomic E-state index is 0.0267. The number of nitrogens with one attached hydrogen (secondary N) is 1. The highest BCUT2D eigenvalue weighted by Gasteiger charge is 2.24. The van der Waals surface area contributed by atoms with E-state index >= 15 is 0 Å². The fraction of sp³-hybridized carbons (Fsp3) is 0.738. The van der Waals surface area contributed by atoms with Gasteiger partial charge in [0.05, 0.1) is 25.2 Å². The van der Waals surface area contributed by atoms with Crippen LogP contribution in [0.1, 0.15) is 265 Å². The summed E-state index contributed by atoms with van der Waals surface area (Å²) in [6.07, 6.45) is 70.7. The van der Waals surface area contributed by atoms with E-state index in [-0.39, 0.29) is 24.9 Å². The van der Waals surface area contributed by atoms with Crippen LogP contribution in [0, 0.1) is 0 Å². The van der Waals surface area contributed by atoms with E-state index in [1.165, 1.54) is 135 Å². The van der Waals surface area contributed by atoms with Crippen LogP contribution in [0.2, 0.25) is 0 Å². The molecule has 6 nitrogen and oxygen atoms in total. The second-order valence-electron chi connectivity index (χ2n) is 19.0. The number of hydrogen-bond donors (Lipinski definition) is 3. The Balaban J connectivity index is 4.70. The SMILES string of the molecule is CCCCC/C=C\C/C=C\C/C=C\C/C=C\CCCC(=O)OC(CCCC/C=C\C/C=C\C/C=C\CCCCC)CC(=O)NC(CO)C(O)CCCCCCCCCCCCCCCCCC. The van der Waals surface area contributed by atoms with Crippen LogP contribution in [0.3, 0.4) is 0 Å². The molecule has 3 atom stereocenters. The normalized spacial score (nSPS) is 13.8. The molecule has 0 spiro atoms. The highest BCUT2D eigenvalue weighted by Crippen LogP contribution is 2.17. The van der Waals surface area contributed by atoms with Crippen LogP contribution in [-0.4, -0.2) is 46.9 Å². The van der Waals surface area contributed by atoms with Gasteiger partial charge in [-0.1, -0.05) is 234 Å². The lowest BCUT2D eigenvalue weighted by Crippen LogP contribution is -2.46. The van der Waals surface area contributed by atoms with Crippen molar-refractivity contribution >= 4 is 11.9 Å². The van der Waals surface area contributed by atoms with Crippen molar-refractivity contribution in [2.45, 2.75) is 283 Å². The predicted octanol–water partition coefficient (Wildman–Crippen LogP) is 17.5. The van der Waals surface area contributed by atoms with Crippen molar-refractivity contribution in [2.24, 2.45) is 0 Å². The zero-order valence-electron chi connectivity index (χ0n) is 44.0. The summed E-state index contributed by atoms with van der Waals surface area (Å²) >= 11 is 0. The molecule has 0 heterocycles. The number of carbonyl (C=O) groups is 2. The lowest BCUT2D eigenvalue weighted by atomic mass is 10.0. The van der Waals surface area contributed by atoms with Crippen LogP contribution in [0.4, 0.5) is 0 Å². The number of amides is 1. The molecule has 0 aliphatic carbocycles. The van der Waals surface area contributed by atoms with Crippen molar-refractivity contribution in [3.63, 3.8) is 0 Å². The van der Waals surface area contributed by atoms with E-state index in [0.29, 0.717) is 25.7 Å². The molecule has 6 heteroatoms. The second kappa shape index (κ2) is 54.0. The van der Waals surface area contributed by atoms with Gasteiger partial charge in [-0.2, -0.15) is 0 Å². The van der Waals surface area contributed by atoms with Gasteiger partial charge in [-0.3, -0.25) is 9.59 Å². The van der Waals surface area contributed by atoms with Crippen molar-refractivity contribution in [2.75, 3.05) is 6.61 Å². The number of ether oxygens (including phenoxy) is 1. The summed E-state index contributed by atoms with van der Waals surface area (Å²) in [5.74, 6) is -0.579. The Hall–Kier alpha value is -2.96. The summed E-state index contributed by atoms with van der Waals surface area (Å²) in [6, 6.07) is -0.730. The lowest BCUT2D eigenvalue weighted by Gasteiger charge is -2.24. The maximum atomic E-state index is 13.3. The quantitative estimate of drug-likeness (QED) is 0.0321. The first kappa shape index (κ1) is 64.0. The van der Waals surface area contributed by atoms with Crippen molar-refractivity contribution in [1.29, 1.82) is 0 Å². The maximum Gasteiger partial charge on any atom is 0.306 e. The van der Waals surface area contributed by atoms with Crippen molar-refractivity contribution < 1.29 is 24.5 Å². The summed E-state index contributed by atoms with van der Waals surface area (Å²) in [6.45, 7) is 6.42. The van der Waals surface area contributed by atoms with Gasteiger partial charge in [0, 0.05) is 6.42 Å². The summed E-state index contributed by atoms with van der Waals surface area (Å²) in [7, 11) is 0. The maximum absolute atomic E-state index is 13.3. The van der Waals surface area contributed by atoms with Crippen LogP contribution < -0.4 is 5.32 Å². The Labute approximate surface area is 414 Å². The molecule has 386 valence electrons. The molecular formula is C61H107NO5. The monoisotopic (exact) mass is 934 g/mol. The van der Waals surface area contributed by atoms with Crippen LogP contribution in [-0.2, 0) is 14.3 Å². The smallest absolute Gasteiger partial charge is 0.306 e. The van der Waals surface area contributed by atoms with Gasteiger partial charge in [0.1, 0.15) is 6.10 Å². The molecule has 0 radical (unpaired) electrons. The molecule has 0 rings (SSSR count). The molecule has 3 N–H and O–H groups in total. The first-order valence-corrected chi connectivity index (χ1v) is 28.3. The molecule has 67 heavy (non-hydrogen) atoms. The third-order valence-electron chi connectivity index (χ3n) is 12.4. The number of allylic oxidation sites excluding steroid dienone is 14. The molecule has 0 saturated heterocycles. The van der Waals surface area contributed by atoms with E-state index in [0.717, 1.165) is 77.0 Å². The minimum Gasteiger partial charge on any atom is -0.462 e. The van der Waals surface area contributed by atoms with E-state index < -0.39 is 18.2 Å². The van der Waals surface area contributed by atoms with Gasteiger partial charge in [0.15, 0.2) is 0 Å². The van der Waals surface area contributed by atoms with Crippen molar-refractivity contribution in [1.82, 2.24) is 5.32 Å². The number of carbonyl (C=O) groups excluding carboxylic acids is 2. The molecule has 3 unspecified atom stereocenters. The Morgan fingerprint density at radius 2 is 0.761 bits per heavy atom. The second-order valence-corrected chi connectivity index (χ2v) is 19.0. The van der Waals surface area contributed by atoms with Gasteiger partial charge >= 0.3 is 5.97 Å². The van der Waals surface area contributed by atoms with Crippen LogP contribution in [0.5, 0.6) is 0 Å². The molecule has 0 bridgehead atoms. The zero-order chi connectivity index (χ0) is 48.8. The fourth-order valence-electron chi connectivity index (χ4n) is 8.14. The summed E-state index contributed by atoms with van der Waals surface area (Å²) in [5.41, 5.74) is 0. The standard InChI is InChI=1S/C61H107NO5/c1-4-7-10-13-16-19-22-25-28-30-33-36-39-42-45-48-51-54-61(66)67-57(52-49-46-43-40-37-34-31-27-24-21-18-15-12-9-6-3)55-60(65)62-58(56-63)59(64)53-50-47-44-41-38-35-32-29-26-23-20-17-14-11-8-5-2/h16,18-19,21,25,27-28,31,33,36-37,40,42,45,57-59,63-64H,4-15,17,20,22-24,26,29-30,32,34-35,38-39,41,43-44,46-56H2,1-3H3,(H,62,65)/b19-16-,21-18-,28-25-,31-27-,36-33-,40-37-,45-42-. The minimum atomic E-state index is -0.812. The fourth-order valence-corrected chi connectivity index (χ4v) is 8.14. The molecular weight excluding hydrogens is 827 g/mol. The van der Waals surface area contributed by atoms with E-state index in [4.69, 9.17) is 4.74 Å². The molecule has 1 amide bonds. The number of aliphatic hydroxyl groups is 2. The first-order valence-electron chi connectivity index (χ1n) is 28.3. The first-order chi connectivity index (χ1) is 33.0. The van der Waals surface area contributed by atoms with E-state index in [1.807, 2.05) is 0 Å². The summed E-state index contributed by atoms with van der Waals surface area (Å²) in [4.78, 5) is 26.2. The van der Waals surface area contributed by atoms with Gasteiger partial charge in [-0.05, 0) is 103 Å². The van der Waals surface area contributed by atoms with Crippen molar-refractivity contribution in [3.05, 3.63) is 85.1 Å². The molecule has 0 fully saturated rings. The average Bonchev–Trinajstić information content (AvgIpc) is 3.32. The van der Waals surface area contributed by atoms with Crippen LogP contribution in [0.15, 0.2) is 85.1 Å². The van der Waals surface area contributed by atoms with Gasteiger partial charge in [0.2, 0.25) is 5.91 Å². The molecule has 0 aromatic carbocycles. The Kier molecular flexibility index (Phi) is 51.6. The largest absolute Gasteiger partial charge is 0.462 e. The predicted molar refractivity (Wildman–Crippen MR) is 291 cm³/mol. The van der Waals surface area contributed by atoms with Crippen LogP contribution >= 0.6 is 0 Å². The Morgan fingerprint density at radius 1 is 0.433 bits per heavy atom. The van der Waals surface area contributed by atoms with Gasteiger partial charge in [-0.25, -0.2) is 0 Å². The lowest BCUT2D eigenvalue weighted by molar-refractivity contribution is -0.151. The third-order valence-corrected chi connectivity index (χ3v) is 12.4. The summed E-state index contributed by atoms with van der Waals surface area (Å²) < 4.78 is 5.91. The van der Waals surface area contributed by atoms with Crippen molar-refractivity contribution in [3.8, 4) is 0 Å².